The van der Waals surface area contributed by atoms with Crippen LogP contribution in [0.25, 0.3) is 0 Å². The van der Waals surface area contributed by atoms with E-state index >= 15 is 0 Å². The van der Waals surface area contributed by atoms with Crippen molar-refractivity contribution < 1.29 is 18.3 Å². The lowest BCUT2D eigenvalue weighted by Crippen LogP contribution is -2.50. The molecule has 0 amide bonds. The van der Waals surface area contributed by atoms with E-state index in [1.807, 2.05) is 0 Å². The van der Waals surface area contributed by atoms with Gasteiger partial charge in [0.05, 0.1) is 23.7 Å². The molecule has 0 radical (unpaired) electrons. The van der Waals surface area contributed by atoms with Gasteiger partial charge in [0.15, 0.2) is 0 Å². The smallest absolute Gasteiger partial charge is 0.244 e. The van der Waals surface area contributed by atoms with Crippen molar-refractivity contribution in [2.24, 2.45) is 0 Å². The molecule has 2 unspecified atom stereocenters. The van der Waals surface area contributed by atoms with E-state index in [0.29, 0.717) is 11.0 Å². The lowest BCUT2D eigenvalue weighted by Gasteiger charge is -2.35. The highest BCUT2D eigenvalue weighted by atomic mass is 79.9. The molecule has 1 heterocycles. The van der Waals surface area contributed by atoms with Crippen LogP contribution in [0.3, 0.4) is 0 Å². The van der Waals surface area contributed by atoms with Gasteiger partial charge in [-0.25, -0.2) is 8.42 Å². The number of benzene rings is 1. The molecule has 1 aromatic carbocycles. The maximum atomic E-state index is 12.6. The van der Waals surface area contributed by atoms with Crippen molar-refractivity contribution in [3.63, 3.8) is 0 Å². The van der Waals surface area contributed by atoms with Gasteiger partial charge in [-0.2, -0.15) is 4.31 Å². The molecule has 0 aliphatic carbocycles. The van der Waals surface area contributed by atoms with Gasteiger partial charge in [0.25, 0.3) is 0 Å². The Morgan fingerprint density at radius 2 is 2.11 bits per heavy atom. The van der Waals surface area contributed by atoms with Crippen LogP contribution in [-0.2, 0) is 14.8 Å². The Morgan fingerprint density at radius 1 is 1.42 bits per heavy atom. The van der Waals surface area contributed by atoms with Crippen molar-refractivity contribution in [2.45, 2.75) is 24.0 Å². The third kappa shape index (κ3) is 3.17. The molecule has 1 saturated heterocycles. The van der Waals surface area contributed by atoms with E-state index in [1.54, 1.807) is 31.2 Å². The summed E-state index contributed by atoms with van der Waals surface area (Å²) < 4.78 is 32.5. The Labute approximate surface area is 121 Å². The zero-order valence-corrected chi connectivity index (χ0v) is 12.9. The largest absolute Gasteiger partial charge is 0.394 e. The zero-order chi connectivity index (χ0) is 14.0. The van der Waals surface area contributed by atoms with E-state index in [2.05, 4.69) is 15.9 Å². The van der Waals surface area contributed by atoms with Crippen molar-refractivity contribution in [3.05, 3.63) is 28.7 Å². The van der Waals surface area contributed by atoms with E-state index in [1.165, 1.54) is 4.31 Å². The average Bonchev–Trinajstić information content (AvgIpc) is 2.38. The van der Waals surface area contributed by atoms with Crippen LogP contribution >= 0.6 is 15.9 Å². The van der Waals surface area contributed by atoms with Gasteiger partial charge in [-0.15, -0.1) is 0 Å². The first-order valence-corrected chi connectivity index (χ1v) is 8.19. The number of rotatable bonds is 3. The van der Waals surface area contributed by atoms with Crippen molar-refractivity contribution in [2.75, 3.05) is 19.7 Å². The van der Waals surface area contributed by atoms with Crippen LogP contribution in [0.5, 0.6) is 0 Å². The fraction of sp³-hybridized carbons (Fsp3) is 0.500. The summed E-state index contributed by atoms with van der Waals surface area (Å²) in [6, 6.07) is 6.71. The molecule has 1 aromatic rings. The van der Waals surface area contributed by atoms with Crippen LogP contribution in [0.2, 0.25) is 0 Å². The second kappa shape index (κ2) is 5.88. The number of hydrogen-bond acceptors (Lipinski definition) is 4. The summed E-state index contributed by atoms with van der Waals surface area (Å²) in [6.45, 7) is 2.07. The fourth-order valence-electron chi connectivity index (χ4n) is 2.09. The van der Waals surface area contributed by atoms with Crippen molar-refractivity contribution in [1.29, 1.82) is 0 Å². The monoisotopic (exact) mass is 349 g/mol. The number of sulfonamides is 1. The highest BCUT2D eigenvalue weighted by Gasteiger charge is 2.34. The average molecular weight is 350 g/mol. The molecule has 7 heteroatoms. The van der Waals surface area contributed by atoms with Crippen molar-refractivity contribution in [1.82, 2.24) is 4.31 Å². The molecule has 2 rings (SSSR count). The number of aliphatic hydroxyl groups is 1. The second-order valence-corrected chi connectivity index (χ2v) is 7.26. The van der Waals surface area contributed by atoms with Gasteiger partial charge in [-0.1, -0.05) is 12.1 Å². The highest BCUT2D eigenvalue weighted by Crippen LogP contribution is 2.26. The summed E-state index contributed by atoms with van der Waals surface area (Å²) in [6.07, 6.45) is -0.704. The number of halogens is 1. The fourth-order valence-corrected chi connectivity index (χ4v) is 4.60. The van der Waals surface area contributed by atoms with Gasteiger partial charge in [0, 0.05) is 17.6 Å². The van der Waals surface area contributed by atoms with Crippen LogP contribution in [0, 0.1) is 0 Å². The van der Waals surface area contributed by atoms with Crippen LogP contribution in [0.4, 0.5) is 0 Å². The standard InChI is InChI=1S/C12H16BrNO4S/c1-9-6-14(7-10(8-15)18-9)19(16,17)12-5-3-2-4-11(12)13/h2-5,9-10,15H,6-8H2,1H3. The lowest BCUT2D eigenvalue weighted by molar-refractivity contribution is -0.0750. The Morgan fingerprint density at radius 3 is 2.74 bits per heavy atom. The second-order valence-electron chi connectivity index (χ2n) is 4.50. The number of nitrogens with zero attached hydrogens (tertiary/aromatic N) is 1. The molecule has 0 saturated carbocycles. The maximum absolute atomic E-state index is 12.6. The van der Waals surface area contributed by atoms with Gasteiger partial charge in [0.1, 0.15) is 0 Å². The van der Waals surface area contributed by atoms with Crippen LogP contribution in [-0.4, -0.2) is 49.7 Å². The van der Waals surface area contributed by atoms with Crippen LogP contribution < -0.4 is 0 Å². The Kier molecular flexibility index (Phi) is 4.62. The molecular formula is C12H16BrNO4S. The minimum absolute atomic E-state index is 0.171. The molecule has 1 N–H and O–H groups in total. The van der Waals surface area contributed by atoms with E-state index in [-0.39, 0.29) is 24.2 Å². The summed E-state index contributed by atoms with van der Waals surface area (Å²) in [7, 11) is -3.57. The minimum Gasteiger partial charge on any atom is -0.394 e. The van der Waals surface area contributed by atoms with Crippen molar-refractivity contribution in [3.8, 4) is 0 Å². The third-order valence-electron chi connectivity index (χ3n) is 2.95. The molecule has 19 heavy (non-hydrogen) atoms. The van der Waals surface area contributed by atoms with E-state index < -0.39 is 16.1 Å². The quantitative estimate of drug-likeness (QED) is 0.890. The first kappa shape index (κ1) is 14.9. The van der Waals surface area contributed by atoms with E-state index in [4.69, 9.17) is 9.84 Å². The Balaban J connectivity index is 2.32. The molecule has 106 valence electrons. The SMILES string of the molecule is CC1CN(S(=O)(=O)c2ccccc2Br)CC(CO)O1. The normalized spacial score (nSPS) is 25.4. The summed E-state index contributed by atoms with van der Waals surface area (Å²) in [5, 5.41) is 9.16. The molecule has 1 fully saturated rings. The molecule has 1 aliphatic heterocycles. The highest BCUT2D eigenvalue weighted by molar-refractivity contribution is 9.10. The van der Waals surface area contributed by atoms with E-state index in [0.717, 1.165) is 0 Å². The minimum atomic E-state index is -3.57. The first-order chi connectivity index (χ1) is 8.95. The number of ether oxygens (including phenoxy) is 1. The van der Waals surface area contributed by atoms with Gasteiger partial charge < -0.3 is 9.84 Å². The molecule has 0 spiro atoms. The molecule has 0 bridgehead atoms. The van der Waals surface area contributed by atoms with Gasteiger partial charge in [0.2, 0.25) is 10.0 Å². The van der Waals surface area contributed by atoms with Gasteiger partial charge in [-0.05, 0) is 35.0 Å². The molecular weight excluding hydrogens is 334 g/mol. The van der Waals surface area contributed by atoms with Gasteiger partial charge in [-0.3, -0.25) is 0 Å². The summed E-state index contributed by atoms with van der Waals surface area (Å²) >= 11 is 3.26. The number of aliphatic hydroxyl groups excluding tert-OH is 1. The van der Waals surface area contributed by atoms with E-state index in [9.17, 15) is 8.42 Å². The topological polar surface area (TPSA) is 66.8 Å². The predicted octanol–water partition coefficient (Wildman–Crippen LogP) is 1.22. The maximum Gasteiger partial charge on any atom is 0.244 e. The zero-order valence-electron chi connectivity index (χ0n) is 10.5. The Hall–Kier alpha value is -0.470. The summed E-state index contributed by atoms with van der Waals surface area (Å²) in [5.41, 5.74) is 0. The van der Waals surface area contributed by atoms with Crippen LogP contribution in [0.1, 0.15) is 6.92 Å². The van der Waals surface area contributed by atoms with Crippen LogP contribution in [0.15, 0.2) is 33.6 Å². The number of hydrogen-bond donors (Lipinski definition) is 1. The first-order valence-electron chi connectivity index (χ1n) is 5.96. The molecule has 1 aliphatic rings. The molecule has 0 aromatic heterocycles. The molecule has 2 atom stereocenters. The summed E-state index contributed by atoms with van der Waals surface area (Å²) in [5.74, 6) is 0. The molecule has 5 nitrogen and oxygen atoms in total. The van der Waals surface area contributed by atoms with Crippen molar-refractivity contribution >= 4 is 26.0 Å². The third-order valence-corrected chi connectivity index (χ3v) is 5.79. The Bertz CT molecular complexity index is 548. The number of morpholine rings is 1. The van der Waals surface area contributed by atoms with Gasteiger partial charge >= 0.3 is 0 Å². The predicted molar refractivity (Wildman–Crippen MR) is 74.3 cm³/mol. The summed E-state index contributed by atoms with van der Waals surface area (Å²) in [4.78, 5) is 0.237. The lowest BCUT2D eigenvalue weighted by atomic mass is 10.2.